The first-order chi connectivity index (χ1) is 13.5. The number of hydrogen-bond acceptors (Lipinski definition) is 5. The summed E-state index contributed by atoms with van der Waals surface area (Å²) in [6.45, 7) is 6.07. The number of halogens is 3. The summed E-state index contributed by atoms with van der Waals surface area (Å²) in [6.07, 6.45) is -1.67. The van der Waals surface area contributed by atoms with Crippen LogP contribution in [0.1, 0.15) is 24.1 Å². The van der Waals surface area contributed by atoms with Crippen molar-refractivity contribution in [1.82, 2.24) is 15.1 Å². The number of alkyl halides is 3. The number of benzene rings is 1. The lowest BCUT2D eigenvalue weighted by Crippen LogP contribution is -2.47. The fourth-order valence-electron chi connectivity index (χ4n) is 3.45. The molecule has 4 rings (SSSR count). The van der Waals surface area contributed by atoms with Crippen molar-refractivity contribution in [2.45, 2.75) is 25.6 Å². The van der Waals surface area contributed by atoms with Gasteiger partial charge in [-0.25, -0.2) is 0 Å². The van der Waals surface area contributed by atoms with Gasteiger partial charge in [-0.1, -0.05) is 12.1 Å². The van der Waals surface area contributed by atoms with Gasteiger partial charge < -0.3 is 10.2 Å². The van der Waals surface area contributed by atoms with Crippen LogP contribution >= 0.6 is 0 Å². The van der Waals surface area contributed by atoms with Gasteiger partial charge in [-0.05, 0) is 48.6 Å². The summed E-state index contributed by atoms with van der Waals surface area (Å²) in [5.74, 6) is 1.26. The lowest BCUT2D eigenvalue weighted by Gasteiger charge is -2.36. The van der Waals surface area contributed by atoms with Gasteiger partial charge in [0, 0.05) is 45.0 Å². The normalized spacial score (nSPS) is 18.3. The number of rotatable bonds is 6. The molecule has 0 amide bonds. The molecule has 5 nitrogen and oxygen atoms in total. The highest BCUT2D eigenvalue weighted by Crippen LogP contribution is 2.30. The van der Waals surface area contributed by atoms with E-state index < -0.39 is 11.9 Å². The van der Waals surface area contributed by atoms with E-state index in [0.29, 0.717) is 12.4 Å². The monoisotopic (exact) mass is 391 g/mol. The fraction of sp³-hybridized carbons (Fsp3) is 0.500. The Bertz CT molecular complexity index is 764. The van der Waals surface area contributed by atoms with Crippen LogP contribution in [0.2, 0.25) is 0 Å². The topological polar surface area (TPSA) is 44.3 Å². The largest absolute Gasteiger partial charge is 0.435 e. The predicted molar refractivity (Wildman–Crippen MR) is 102 cm³/mol. The Kier molecular flexibility index (Phi) is 5.39. The van der Waals surface area contributed by atoms with Crippen LogP contribution in [0.5, 0.6) is 0 Å². The molecule has 1 N–H and O–H groups in total. The van der Waals surface area contributed by atoms with Crippen molar-refractivity contribution in [1.29, 1.82) is 0 Å². The highest BCUT2D eigenvalue weighted by Gasteiger charge is 2.32. The van der Waals surface area contributed by atoms with Crippen LogP contribution in [0.3, 0.4) is 0 Å². The fourth-order valence-corrected chi connectivity index (χ4v) is 3.45. The highest BCUT2D eigenvalue weighted by molar-refractivity contribution is 5.48. The summed E-state index contributed by atoms with van der Waals surface area (Å²) < 4.78 is 37.5. The van der Waals surface area contributed by atoms with Crippen molar-refractivity contribution >= 4 is 11.5 Å². The molecule has 0 unspecified atom stereocenters. The van der Waals surface area contributed by atoms with Crippen LogP contribution in [-0.2, 0) is 12.7 Å². The second kappa shape index (κ2) is 7.95. The third kappa shape index (κ3) is 4.92. The van der Waals surface area contributed by atoms with Gasteiger partial charge in [-0.15, -0.1) is 10.2 Å². The highest BCUT2D eigenvalue weighted by atomic mass is 19.4. The van der Waals surface area contributed by atoms with E-state index in [4.69, 9.17) is 0 Å². The second-order valence-electron chi connectivity index (χ2n) is 7.55. The van der Waals surface area contributed by atoms with Crippen LogP contribution in [0, 0.1) is 5.92 Å². The molecule has 1 aliphatic heterocycles. The van der Waals surface area contributed by atoms with E-state index in [2.05, 4.69) is 37.4 Å². The van der Waals surface area contributed by atoms with Gasteiger partial charge in [-0.2, -0.15) is 13.2 Å². The molecule has 1 aromatic heterocycles. The van der Waals surface area contributed by atoms with Crippen LogP contribution in [0.25, 0.3) is 0 Å². The van der Waals surface area contributed by atoms with Crippen LogP contribution in [0.15, 0.2) is 36.4 Å². The molecule has 1 aromatic carbocycles. The Labute approximate surface area is 162 Å². The van der Waals surface area contributed by atoms with E-state index in [-0.39, 0.29) is 0 Å². The average molecular weight is 391 g/mol. The summed E-state index contributed by atoms with van der Waals surface area (Å²) in [7, 11) is 0. The predicted octanol–water partition coefficient (Wildman–Crippen LogP) is 3.64. The Balaban J connectivity index is 1.26. The number of hydrogen-bond donors (Lipinski definition) is 1. The molecule has 8 heteroatoms. The van der Waals surface area contributed by atoms with E-state index in [0.717, 1.165) is 43.7 Å². The van der Waals surface area contributed by atoms with Crippen LogP contribution < -0.4 is 10.2 Å². The molecule has 150 valence electrons. The molecule has 2 fully saturated rings. The molecule has 2 heterocycles. The number of nitrogens with one attached hydrogen (secondary N) is 1. The maximum atomic E-state index is 12.5. The lowest BCUT2D eigenvalue weighted by molar-refractivity contribution is -0.141. The number of piperazine rings is 1. The molecule has 2 aliphatic rings. The van der Waals surface area contributed by atoms with Gasteiger partial charge in [0.2, 0.25) is 0 Å². The minimum Gasteiger partial charge on any atom is -0.369 e. The van der Waals surface area contributed by atoms with E-state index in [1.165, 1.54) is 31.1 Å². The molecular weight excluding hydrogens is 367 g/mol. The minimum atomic E-state index is -4.47. The molecular formula is C20H24F3N5. The molecule has 1 saturated heterocycles. The number of anilines is 2. The minimum absolute atomic E-state index is 0.323. The molecule has 0 radical (unpaired) electrons. The molecule has 2 aromatic rings. The molecule has 1 saturated carbocycles. The smallest absolute Gasteiger partial charge is 0.369 e. The maximum Gasteiger partial charge on any atom is 0.435 e. The van der Waals surface area contributed by atoms with Gasteiger partial charge in [0.25, 0.3) is 0 Å². The number of aromatic nitrogens is 2. The van der Waals surface area contributed by atoms with Gasteiger partial charge >= 0.3 is 6.18 Å². The quantitative estimate of drug-likeness (QED) is 0.815. The van der Waals surface area contributed by atoms with E-state index in [9.17, 15) is 13.2 Å². The Morgan fingerprint density at radius 1 is 0.929 bits per heavy atom. The van der Waals surface area contributed by atoms with Gasteiger partial charge in [-0.3, -0.25) is 4.90 Å². The van der Waals surface area contributed by atoms with E-state index in [1.807, 2.05) is 12.1 Å². The van der Waals surface area contributed by atoms with Crippen molar-refractivity contribution < 1.29 is 13.2 Å². The SMILES string of the molecule is FC(F)(F)c1ccc(NCc2ccc(N3CCN(CC4CC4)CC3)cc2)nn1. The van der Waals surface area contributed by atoms with Crippen molar-refractivity contribution in [2.24, 2.45) is 5.92 Å². The average Bonchev–Trinajstić information content (AvgIpc) is 3.51. The zero-order valence-electron chi connectivity index (χ0n) is 15.6. The van der Waals surface area contributed by atoms with E-state index >= 15 is 0 Å². The summed E-state index contributed by atoms with van der Waals surface area (Å²) in [5.41, 5.74) is 1.27. The molecule has 1 aliphatic carbocycles. The Hall–Kier alpha value is -2.35. The molecule has 0 atom stereocenters. The van der Waals surface area contributed by atoms with Crippen molar-refractivity contribution in [3.8, 4) is 0 Å². The van der Waals surface area contributed by atoms with Gasteiger partial charge in [0.15, 0.2) is 5.69 Å². The van der Waals surface area contributed by atoms with Crippen molar-refractivity contribution in [2.75, 3.05) is 42.9 Å². The van der Waals surface area contributed by atoms with Crippen LogP contribution in [0.4, 0.5) is 24.7 Å². The summed E-state index contributed by atoms with van der Waals surface area (Å²) in [6, 6.07) is 10.5. The first kappa shape index (κ1) is 19.0. The third-order valence-electron chi connectivity index (χ3n) is 5.32. The third-order valence-corrected chi connectivity index (χ3v) is 5.32. The zero-order chi connectivity index (χ0) is 19.6. The van der Waals surface area contributed by atoms with Gasteiger partial charge in [0.05, 0.1) is 0 Å². The molecule has 0 bridgehead atoms. The van der Waals surface area contributed by atoms with Gasteiger partial charge in [0.1, 0.15) is 5.82 Å². The molecule has 0 spiro atoms. The summed E-state index contributed by atoms with van der Waals surface area (Å²) in [5, 5.41) is 9.81. The first-order valence-electron chi connectivity index (χ1n) is 9.68. The lowest BCUT2D eigenvalue weighted by atomic mass is 10.1. The standard InChI is InChI=1S/C20H24F3N5/c21-20(22,23)18-7-8-19(26-25-18)24-13-15-3-5-17(6-4-15)28-11-9-27(10-12-28)14-16-1-2-16/h3-8,16H,1-2,9-14H2,(H,24,26). The summed E-state index contributed by atoms with van der Waals surface area (Å²) >= 11 is 0. The van der Waals surface area contributed by atoms with E-state index in [1.54, 1.807) is 0 Å². The summed E-state index contributed by atoms with van der Waals surface area (Å²) in [4.78, 5) is 4.97. The zero-order valence-corrected chi connectivity index (χ0v) is 15.6. The number of nitrogens with zero attached hydrogens (tertiary/aromatic N) is 4. The van der Waals surface area contributed by atoms with Crippen LogP contribution in [-0.4, -0.2) is 47.8 Å². The van der Waals surface area contributed by atoms with Crippen molar-refractivity contribution in [3.05, 3.63) is 47.7 Å². The van der Waals surface area contributed by atoms with Crippen molar-refractivity contribution in [3.63, 3.8) is 0 Å². The Morgan fingerprint density at radius 2 is 1.64 bits per heavy atom. The molecule has 28 heavy (non-hydrogen) atoms. The first-order valence-corrected chi connectivity index (χ1v) is 9.68. The maximum absolute atomic E-state index is 12.5. The second-order valence-corrected chi connectivity index (χ2v) is 7.55. The Morgan fingerprint density at radius 3 is 2.21 bits per heavy atom.